The Morgan fingerprint density at radius 3 is 2.74 bits per heavy atom. The third-order valence-electron chi connectivity index (χ3n) is 4.10. The zero-order chi connectivity index (χ0) is 16.6. The second kappa shape index (κ2) is 5.95. The average molecular weight is 320 g/mol. The maximum absolute atomic E-state index is 12.6. The maximum Gasteiger partial charge on any atom is 0.277 e. The fraction of sp³-hybridized carbons (Fsp3) is 0.615. The van der Waals surface area contributed by atoms with Gasteiger partial charge in [0, 0.05) is 34.1 Å². The summed E-state index contributed by atoms with van der Waals surface area (Å²) < 4.78 is 3.31. The van der Waals surface area contributed by atoms with Crippen LogP contribution in [-0.2, 0) is 20.5 Å². The van der Waals surface area contributed by atoms with Crippen molar-refractivity contribution in [3.8, 4) is 0 Å². The number of hydrogen-bond donors (Lipinski definition) is 1. The Bertz CT molecular complexity index is 709. The van der Waals surface area contributed by atoms with Crippen molar-refractivity contribution in [3.05, 3.63) is 17.8 Å². The molecule has 124 valence electrons. The minimum Gasteiger partial charge on any atom is -0.356 e. The van der Waals surface area contributed by atoms with Crippen LogP contribution in [-0.4, -0.2) is 65.6 Å². The van der Waals surface area contributed by atoms with Crippen molar-refractivity contribution in [1.29, 1.82) is 0 Å². The Labute approximate surface area is 133 Å². The minimum atomic E-state index is -0.999. The molecule has 0 fully saturated rings. The second-order valence-corrected chi connectivity index (χ2v) is 5.66. The molecule has 1 amide bonds. The predicted molar refractivity (Wildman–Crippen MR) is 80.4 cm³/mol. The monoisotopic (exact) mass is 320 g/mol. The summed E-state index contributed by atoms with van der Waals surface area (Å²) in [5.74, 6) is 1.11. The normalized spacial score (nSPS) is 17.7. The van der Waals surface area contributed by atoms with Gasteiger partial charge in [-0.05, 0) is 23.3 Å². The number of aliphatic hydroxyl groups is 1. The van der Waals surface area contributed by atoms with Crippen LogP contribution in [0.2, 0.25) is 0 Å². The Kier molecular flexibility index (Phi) is 3.99. The minimum absolute atomic E-state index is 0.203. The molecule has 3 rings (SSSR count). The molecule has 10 nitrogen and oxygen atoms in total. The summed E-state index contributed by atoms with van der Waals surface area (Å²) in [6.45, 7) is 0.459. The van der Waals surface area contributed by atoms with Gasteiger partial charge < -0.3 is 14.6 Å². The van der Waals surface area contributed by atoms with Crippen LogP contribution in [0.5, 0.6) is 0 Å². The SMILES string of the molecule is CN1c2ncn(C)c2C(=O)N(CCCCc2nnnn2C)C1O. The number of rotatable bonds is 5. The lowest BCUT2D eigenvalue weighted by atomic mass is 10.2. The lowest BCUT2D eigenvalue weighted by molar-refractivity contribution is 0.00254. The van der Waals surface area contributed by atoms with Gasteiger partial charge in [-0.25, -0.2) is 9.67 Å². The van der Waals surface area contributed by atoms with E-state index in [4.69, 9.17) is 0 Å². The van der Waals surface area contributed by atoms with Crippen molar-refractivity contribution >= 4 is 11.7 Å². The molecule has 10 heteroatoms. The van der Waals surface area contributed by atoms with E-state index < -0.39 is 6.35 Å². The number of tetrazole rings is 1. The van der Waals surface area contributed by atoms with E-state index in [1.807, 2.05) is 0 Å². The summed E-state index contributed by atoms with van der Waals surface area (Å²) in [4.78, 5) is 19.8. The van der Waals surface area contributed by atoms with Crippen molar-refractivity contribution in [2.24, 2.45) is 14.1 Å². The van der Waals surface area contributed by atoms with Crippen LogP contribution in [0.15, 0.2) is 6.33 Å². The van der Waals surface area contributed by atoms with E-state index in [0.29, 0.717) is 18.1 Å². The standard InChI is InChI=1S/C13H20N8O2/c1-18-8-14-11-10(18)12(22)21(13(23)19(11)2)7-5-4-6-9-15-16-17-20(9)3/h8,13,23H,4-7H2,1-3H3. The van der Waals surface area contributed by atoms with Crippen molar-refractivity contribution in [2.45, 2.75) is 25.6 Å². The van der Waals surface area contributed by atoms with Gasteiger partial charge in [-0.15, -0.1) is 5.10 Å². The number of nitrogens with zero attached hydrogens (tertiary/aromatic N) is 8. The van der Waals surface area contributed by atoms with Crippen LogP contribution >= 0.6 is 0 Å². The number of anilines is 1. The van der Waals surface area contributed by atoms with E-state index >= 15 is 0 Å². The molecule has 1 atom stereocenters. The average Bonchev–Trinajstić information content (AvgIpc) is 3.10. The molecule has 0 bridgehead atoms. The zero-order valence-electron chi connectivity index (χ0n) is 13.4. The summed E-state index contributed by atoms with van der Waals surface area (Å²) in [7, 11) is 5.29. The smallest absolute Gasteiger partial charge is 0.277 e. The molecular formula is C13H20N8O2. The van der Waals surface area contributed by atoms with Crippen LogP contribution in [0.4, 0.5) is 5.82 Å². The van der Waals surface area contributed by atoms with Crippen molar-refractivity contribution in [3.63, 3.8) is 0 Å². The van der Waals surface area contributed by atoms with E-state index in [9.17, 15) is 9.90 Å². The summed E-state index contributed by atoms with van der Waals surface area (Å²) >= 11 is 0. The van der Waals surface area contributed by atoms with Crippen LogP contribution in [0.25, 0.3) is 0 Å². The molecule has 0 aliphatic carbocycles. The molecule has 1 N–H and O–H groups in total. The van der Waals surface area contributed by atoms with Crippen molar-refractivity contribution < 1.29 is 9.90 Å². The molecule has 23 heavy (non-hydrogen) atoms. The quantitative estimate of drug-likeness (QED) is 0.714. The fourth-order valence-corrected chi connectivity index (χ4v) is 2.72. The molecule has 2 aromatic rings. The number of hydrogen-bond acceptors (Lipinski definition) is 7. The molecule has 0 aromatic carbocycles. The Morgan fingerprint density at radius 1 is 1.26 bits per heavy atom. The lowest BCUT2D eigenvalue weighted by Crippen LogP contribution is -2.54. The summed E-state index contributed by atoms with van der Waals surface area (Å²) in [5, 5.41) is 21.6. The van der Waals surface area contributed by atoms with Crippen LogP contribution < -0.4 is 4.90 Å². The van der Waals surface area contributed by atoms with E-state index in [-0.39, 0.29) is 5.91 Å². The topological polar surface area (TPSA) is 105 Å². The number of aliphatic hydroxyl groups excluding tert-OH is 1. The second-order valence-electron chi connectivity index (χ2n) is 5.66. The van der Waals surface area contributed by atoms with Gasteiger partial charge in [0.2, 0.25) is 6.35 Å². The molecule has 1 unspecified atom stereocenters. The maximum atomic E-state index is 12.6. The highest BCUT2D eigenvalue weighted by Gasteiger charge is 2.37. The van der Waals surface area contributed by atoms with Crippen LogP contribution in [0, 0.1) is 0 Å². The van der Waals surface area contributed by atoms with E-state index in [0.717, 1.165) is 25.1 Å². The van der Waals surface area contributed by atoms with E-state index in [2.05, 4.69) is 20.5 Å². The summed E-state index contributed by atoms with van der Waals surface area (Å²) in [6.07, 6.45) is 2.88. The summed E-state index contributed by atoms with van der Waals surface area (Å²) in [6, 6.07) is 0. The highest BCUT2D eigenvalue weighted by molar-refractivity contribution is 5.99. The first kappa shape index (κ1) is 15.4. The number of unbranched alkanes of at least 4 members (excludes halogenated alkanes) is 1. The molecular weight excluding hydrogens is 300 g/mol. The Hall–Kier alpha value is -2.49. The number of carbonyl (C=O) groups is 1. The molecule has 2 aromatic heterocycles. The molecule has 3 heterocycles. The first-order valence-corrected chi connectivity index (χ1v) is 7.45. The Morgan fingerprint density at radius 2 is 2.04 bits per heavy atom. The first-order valence-electron chi connectivity index (χ1n) is 7.45. The Balaban J connectivity index is 1.63. The van der Waals surface area contributed by atoms with Crippen molar-refractivity contribution in [1.82, 2.24) is 34.7 Å². The van der Waals surface area contributed by atoms with Gasteiger partial charge in [0.1, 0.15) is 0 Å². The number of fused-ring (bicyclic) bond motifs is 1. The molecule has 0 radical (unpaired) electrons. The largest absolute Gasteiger partial charge is 0.356 e. The van der Waals surface area contributed by atoms with E-state index in [1.54, 1.807) is 41.6 Å². The lowest BCUT2D eigenvalue weighted by Gasteiger charge is -2.38. The number of aryl methyl sites for hydroxylation is 3. The van der Waals surface area contributed by atoms with Gasteiger partial charge in [0.25, 0.3) is 5.91 Å². The molecule has 0 saturated heterocycles. The third kappa shape index (κ3) is 2.65. The number of carbonyl (C=O) groups excluding carboxylic acids is 1. The van der Waals surface area contributed by atoms with Gasteiger partial charge in [-0.1, -0.05) is 0 Å². The van der Waals surface area contributed by atoms with Gasteiger partial charge in [-0.3, -0.25) is 9.69 Å². The summed E-state index contributed by atoms with van der Waals surface area (Å²) in [5.41, 5.74) is 0.496. The van der Waals surface area contributed by atoms with E-state index in [1.165, 1.54) is 4.90 Å². The zero-order valence-corrected chi connectivity index (χ0v) is 13.4. The van der Waals surface area contributed by atoms with Crippen LogP contribution in [0.1, 0.15) is 29.2 Å². The van der Waals surface area contributed by atoms with Crippen molar-refractivity contribution in [2.75, 3.05) is 18.5 Å². The van der Waals surface area contributed by atoms with Gasteiger partial charge in [0.15, 0.2) is 17.3 Å². The third-order valence-corrected chi connectivity index (χ3v) is 4.10. The number of amides is 1. The molecule has 1 aliphatic heterocycles. The van der Waals surface area contributed by atoms with Gasteiger partial charge >= 0.3 is 0 Å². The highest BCUT2D eigenvalue weighted by atomic mass is 16.3. The number of aromatic nitrogens is 6. The first-order chi connectivity index (χ1) is 11.0. The van der Waals surface area contributed by atoms with Crippen LogP contribution in [0.3, 0.4) is 0 Å². The molecule has 0 spiro atoms. The van der Waals surface area contributed by atoms with Gasteiger partial charge in [0.05, 0.1) is 6.33 Å². The number of imidazole rings is 1. The molecule has 0 saturated carbocycles. The molecule has 1 aliphatic rings. The fourth-order valence-electron chi connectivity index (χ4n) is 2.72. The predicted octanol–water partition coefficient (Wildman–Crippen LogP) is -0.866. The highest BCUT2D eigenvalue weighted by Crippen LogP contribution is 2.27. The van der Waals surface area contributed by atoms with Gasteiger partial charge in [-0.2, -0.15) is 0 Å².